The highest BCUT2D eigenvalue weighted by Gasteiger charge is 2.31. The highest BCUT2D eigenvalue weighted by Crippen LogP contribution is 2.28. The van der Waals surface area contributed by atoms with Crippen LogP contribution in [0.5, 0.6) is 5.75 Å². The Labute approximate surface area is 221 Å². The van der Waals surface area contributed by atoms with E-state index in [1.807, 2.05) is 6.07 Å². The number of unbranched alkanes of at least 4 members (excludes halogenated alkanes) is 1. The lowest BCUT2D eigenvalue weighted by Gasteiger charge is -2.13. The Hall–Kier alpha value is -3.33. The van der Waals surface area contributed by atoms with Crippen LogP contribution < -0.4 is 15.4 Å². The first-order valence-electron chi connectivity index (χ1n) is 11.9. The SMILES string of the molecule is COCc1cc(CNCCCCOCCNc2nc(-c3cnns3)cc3[nH]ncc23)cc(OC(F)(F)F)c1. The van der Waals surface area contributed by atoms with Crippen molar-refractivity contribution in [1.82, 2.24) is 30.1 Å². The number of hydrogen-bond donors (Lipinski definition) is 3. The molecule has 0 bridgehead atoms. The molecule has 0 aliphatic carbocycles. The molecule has 0 fully saturated rings. The van der Waals surface area contributed by atoms with Gasteiger partial charge in [0.05, 0.1) is 47.1 Å². The molecule has 0 spiro atoms. The van der Waals surface area contributed by atoms with Crippen LogP contribution in [-0.2, 0) is 22.6 Å². The van der Waals surface area contributed by atoms with Crippen LogP contribution in [0.15, 0.2) is 36.7 Å². The Morgan fingerprint density at radius 2 is 1.89 bits per heavy atom. The number of ether oxygens (including phenoxy) is 3. The number of fused-ring (bicyclic) bond motifs is 1. The van der Waals surface area contributed by atoms with Gasteiger partial charge in [-0.15, -0.1) is 18.3 Å². The molecule has 0 aliphatic heterocycles. The second-order valence-corrected chi connectivity index (χ2v) is 9.14. The van der Waals surface area contributed by atoms with Gasteiger partial charge in [-0.05, 0) is 60.2 Å². The maximum absolute atomic E-state index is 12.6. The first-order chi connectivity index (χ1) is 18.4. The van der Waals surface area contributed by atoms with Crippen molar-refractivity contribution in [2.45, 2.75) is 32.4 Å². The molecular formula is C24H28F3N7O3S. The Morgan fingerprint density at radius 1 is 1.03 bits per heavy atom. The predicted octanol–water partition coefficient (Wildman–Crippen LogP) is 4.52. The zero-order chi connectivity index (χ0) is 26.8. The van der Waals surface area contributed by atoms with E-state index in [1.165, 1.54) is 30.8 Å². The summed E-state index contributed by atoms with van der Waals surface area (Å²) < 4.78 is 56.5. The van der Waals surface area contributed by atoms with E-state index in [4.69, 9.17) is 9.47 Å². The lowest BCUT2D eigenvalue weighted by atomic mass is 10.1. The summed E-state index contributed by atoms with van der Waals surface area (Å²) in [6.07, 6.45) is 0.369. The number of aromatic amines is 1. The lowest BCUT2D eigenvalue weighted by Crippen LogP contribution is -2.18. The van der Waals surface area contributed by atoms with E-state index in [1.54, 1.807) is 18.5 Å². The van der Waals surface area contributed by atoms with Gasteiger partial charge < -0.3 is 24.8 Å². The van der Waals surface area contributed by atoms with Crippen molar-refractivity contribution in [3.05, 3.63) is 47.8 Å². The monoisotopic (exact) mass is 551 g/mol. The minimum Gasteiger partial charge on any atom is -0.406 e. The van der Waals surface area contributed by atoms with E-state index in [0.717, 1.165) is 34.3 Å². The van der Waals surface area contributed by atoms with E-state index in [0.29, 0.717) is 49.8 Å². The van der Waals surface area contributed by atoms with Crippen molar-refractivity contribution >= 4 is 28.3 Å². The van der Waals surface area contributed by atoms with Crippen LogP contribution in [0.3, 0.4) is 0 Å². The Balaban J connectivity index is 1.13. The van der Waals surface area contributed by atoms with Crippen molar-refractivity contribution in [3.8, 4) is 16.3 Å². The smallest absolute Gasteiger partial charge is 0.406 e. The molecule has 0 unspecified atom stereocenters. The topological polar surface area (TPSA) is 119 Å². The molecule has 0 aliphatic rings. The van der Waals surface area contributed by atoms with Gasteiger partial charge in [0, 0.05) is 26.8 Å². The molecule has 3 N–H and O–H groups in total. The summed E-state index contributed by atoms with van der Waals surface area (Å²) in [5, 5.41) is 18.4. The van der Waals surface area contributed by atoms with Gasteiger partial charge >= 0.3 is 6.36 Å². The van der Waals surface area contributed by atoms with Crippen LogP contribution in [-0.4, -0.2) is 64.5 Å². The van der Waals surface area contributed by atoms with Gasteiger partial charge in [-0.25, -0.2) is 4.98 Å². The number of alkyl halides is 3. The van der Waals surface area contributed by atoms with Gasteiger partial charge in [-0.2, -0.15) is 5.10 Å². The number of nitrogens with zero attached hydrogens (tertiary/aromatic N) is 4. The van der Waals surface area contributed by atoms with Crippen LogP contribution in [0.25, 0.3) is 21.5 Å². The first kappa shape index (κ1) is 27.7. The van der Waals surface area contributed by atoms with E-state index in [2.05, 4.69) is 40.1 Å². The quantitative estimate of drug-likeness (QED) is 0.183. The molecule has 0 saturated heterocycles. The van der Waals surface area contributed by atoms with E-state index in [9.17, 15) is 13.2 Å². The molecule has 0 saturated carbocycles. The molecule has 38 heavy (non-hydrogen) atoms. The number of rotatable bonds is 15. The number of nitrogens with one attached hydrogen (secondary N) is 3. The summed E-state index contributed by atoms with van der Waals surface area (Å²) in [6.45, 7) is 3.00. The van der Waals surface area contributed by atoms with Crippen LogP contribution in [0, 0.1) is 0 Å². The van der Waals surface area contributed by atoms with Gasteiger partial charge in [0.25, 0.3) is 0 Å². The van der Waals surface area contributed by atoms with Crippen molar-refractivity contribution < 1.29 is 27.4 Å². The second kappa shape index (κ2) is 13.5. The van der Waals surface area contributed by atoms with Gasteiger partial charge in [0.15, 0.2) is 0 Å². The molecule has 3 heterocycles. The largest absolute Gasteiger partial charge is 0.573 e. The highest BCUT2D eigenvalue weighted by atomic mass is 32.1. The summed E-state index contributed by atoms with van der Waals surface area (Å²) in [4.78, 5) is 5.54. The van der Waals surface area contributed by atoms with Crippen molar-refractivity contribution in [3.63, 3.8) is 0 Å². The average molecular weight is 552 g/mol. The first-order valence-corrected chi connectivity index (χ1v) is 12.7. The summed E-state index contributed by atoms with van der Waals surface area (Å²) in [7, 11) is 1.49. The number of anilines is 1. The Morgan fingerprint density at radius 3 is 2.68 bits per heavy atom. The molecule has 4 aromatic rings. The average Bonchev–Trinajstić information content (AvgIpc) is 3.56. The third kappa shape index (κ3) is 8.34. The van der Waals surface area contributed by atoms with E-state index < -0.39 is 6.36 Å². The number of H-pyrrole nitrogens is 1. The van der Waals surface area contributed by atoms with E-state index in [-0.39, 0.29) is 12.4 Å². The number of benzene rings is 1. The zero-order valence-corrected chi connectivity index (χ0v) is 21.5. The van der Waals surface area contributed by atoms with Gasteiger partial charge in [0.2, 0.25) is 0 Å². The van der Waals surface area contributed by atoms with Gasteiger partial charge in [0.1, 0.15) is 11.6 Å². The third-order valence-electron chi connectivity index (χ3n) is 5.38. The molecule has 1 aromatic carbocycles. The Bertz CT molecular complexity index is 1290. The molecular weight excluding hydrogens is 523 g/mol. The molecule has 0 amide bonds. The number of halogens is 3. The molecule has 10 nitrogen and oxygen atoms in total. The number of pyridine rings is 1. The zero-order valence-electron chi connectivity index (χ0n) is 20.7. The summed E-state index contributed by atoms with van der Waals surface area (Å²) in [5.74, 6) is 0.465. The summed E-state index contributed by atoms with van der Waals surface area (Å²) in [5.41, 5.74) is 2.94. The van der Waals surface area contributed by atoms with Gasteiger partial charge in [-0.1, -0.05) is 10.6 Å². The molecule has 4 rings (SSSR count). The number of aromatic nitrogens is 5. The fraction of sp³-hybridized carbons (Fsp3) is 0.417. The molecule has 0 radical (unpaired) electrons. The van der Waals surface area contributed by atoms with Crippen molar-refractivity contribution in [1.29, 1.82) is 0 Å². The lowest BCUT2D eigenvalue weighted by molar-refractivity contribution is -0.274. The molecule has 0 atom stereocenters. The maximum atomic E-state index is 12.6. The minimum absolute atomic E-state index is 0.201. The standard InChI is InChI=1S/C24H28F3N7O3S/c1-35-15-17-8-16(9-18(10-17)37-24(25,26)27)12-28-4-2-3-6-36-7-5-29-23-19-13-30-33-20(19)11-21(32-23)22-14-31-34-38-22/h8-11,13-14,28H,2-7,12,15H2,1H3,(H,29,32)(H,30,33). The van der Waals surface area contributed by atoms with Gasteiger partial charge in [-0.3, -0.25) is 5.10 Å². The summed E-state index contributed by atoms with van der Waals surface area (Å²) in [6, 6.07) is 6.42. The third-order valence-corrected chi connectivity index (χ3v) is 6.07. The number of hydrogen-bond acceptors (Lipinski definition) is 10. The minimum atomic E-state index is -4.74. The fourth-order valence-corrected chi connectivity index (χ4v) is 4.26. The molecule has 204 valence electrons. The Kier molecular flexibility index (Phi) is 9.81. The van der Waals surface area contributed by atoms with Crippen molar-refractivity contribution in [2.75, 3.05) is 38.7 Å². The van der Waals surface area contributed by atoms with Crippen LogP contribution in [0.1, 0.15) is 24.0 Å². The number of methoxy groups -OCH3 is 1. The van der Waals surface area contributed by atoms with Crippen LogP contribution in [0.4, 0.5) is 19.0 Å². The summed E-state index contributed by atoms with van der Waals surface area (Å²) >= 11 is 1.28. The van der Waals surface area contributed by atoms with Crippen molar-refractivity contribution in [2.24, 2.45) is 0 Å². The van der Waals surface area contributed by atoms with E-state index >= 15 is 0 Å². The second-order valence-electron chi connectivity index (χ2n) is 8.36. The van der Waals surface area contributed by atoms with Crippen LogP contribution >= 0.6 is 11.5 Å². The molecule has 14 heteroatoms. The maximum Gasteiger partial charge on any atom is 0.573 e. The molecule has 3 aromatic heterocycles. The van der Waals surface area contributed by atoms with Crippen LogP contribution in [0.2, 0.25) is 0 Å². The highest BCUT2D eigenvalue weighted by molar-refractivity contribution is 7.09. The fourth-order valence-electron chi connectivity index (χ4n) is 3.79. The predicted molar refractivity (Wildman–Crippen MR) is 137 cm³/mol. The normalized spacial score (nSPS) is 11.8.